The van der Waals surface area contributed by atoms with Gasteiger partial charge in [0.25, 0.3) is 5.91 Å². The number of nitrogens with one attached hydrogen (secondary N) is 1. The average molecular weight is 423 g/mol. The molecule has 2 N–H and O–H groups in total. The zero-order chi connectivity index (χ0) is 19.4. The fourth-order valence-corrected chi connectivity index (χ4v) is 5.71. The van der Waals surface area contributed by atoms with Crippen LogP contribution >= 0.6 is 11.9 Å². The van der Waals surface area contributed by atoms with Gasteiger partial charge < -0.3 is 5.11 Å². The Hall–Kier alpha value is -1.98. The van der Waals surface area contributed by atoms with Gasteiger partial charge in [-0.25, -0.2) is 17.9 Å². The molecule has 2 saturated heterocycles. The first-order valence-corrected chi connectivity index (χ1v) is 11.0. The largest absolute Gasteiger partial charge is 0.506 e. The molecule has 5 rings (SSSR count). The number of amides is 1. The van der Waals surface area contributed by atoms with E-state index in [1.54, 1.807) is 6.20 Å². The van der Waals surface area contributed by atoms with Crippen LogP contribution in [-0.4, -0.2) is 54.4 Å². The van der Waals surface area contributed by atoms with Crippen molar-refractivity contribution in [3.8, 4) is 5.75 Å². The number of hydrogen-bond donors (Lipinski definition) is 2. The van der Waals surface area contributed by atoms with Crippen molar-refractivity contribution in [2.75, 3.05) is 23.9 Å². The summed E-state index contributed by atoms with van der Waals surface area (Å²) in [5.74, 6) is -1.58. The Balaban J connectivity index is 1.48. The van der Waals surface area contributed by atoms with Gasteiger partial charge in [-0.2, -0.15) is 0 Å². The van der Waals surface area contributed by atoms with Crippen LogP contribution in [0.4, 0.5) is 10.1 Å². The quantitative estimate of drug-likeness (QED) is 0.721. The number of benzene rings is 1. The summed E-state index contributed by atoms with van der Waals surface area (Å²) in [7, 11) is 0. The van der Waals surface area contributed by atoms with Gasteiger partial charge in [-0.05, 0) is 19.3 Å². The molecule has 2 aromatic rings. The van der Waals surface area contributed by atoms with E-state index in [0.717, 1.165) is 29.1 Å². The maximum atomic E-state index is 15.2. The van der Waals surface area contributed by atoms with Crippen molar-refractivity contribution in [1.82, 2.24) is 19.0 Å². The van der Waals surface area contributed by atoms with E-state index < -0.39 is 28.6 Å². The second-order valence-corrected chi connectivity index (χ2v) is 9.75. The maximum Gasteiger partial charge on any atom is 0.253 e. The number of halogens is 1. The maximum absolute atomic E-state index is 15.2. The molecule has 28 heavy (non-hydrogen) atoms. The molecule has 148 valence electrons. The number of carbonyl (C=O) groups is 1. The van der Waals surface area contributed by atoms with Crippen LogP contribution in [0.25, 0.3) is 11.0 Å². The molecule has 0 radical (unpaired) electrons. The lowest BCUT2D eigenvalue weighted by Crippen LogP contribution is -2.23. The van der Waals surface area contributed by atoms with Crippen LogP contribution in [0.2, 0.25) is 0 Å². The number of anilines is 1. The summed E-state index contributed by atoms with van der Waals surface area (Å²) in [6.07, 6.45) is 5.11. The summed E-state index contributed by atoms with van der Waals surface area (Å²) >= 11 is -0.0424. The van der Waals surface area contributed by atoms with E-state index in [0.29, 0.717) is 5.69 Å². The number of aromatic hydroxyl groups is 1. The highest BCUT2D eigenvalue weighted by molar-refractivity contribution is 7.97. The number of carbonyl (C=O) groups excluding carboxylic acids is 1. The number of rotatable bonds is 4. The second kappa shape index (κ2) is 6.82. The third kappa shape index (κ3) is 3.20. The zero-order valence-electron chi connectivity index (χ0n) is 14.8. The van der Waals surface area contributed by atoms with Gasteiger partial charge in [-0.1, -0.05) is 11.9 Å². The first kappa shape index (κ1) is 18.1. The van der Waals surface area contributed by atoms with Crippen molar-refractivity contribution in [3.63, 3.8) is 0 Å². The number of aromatic nitrogens is 2. The van der Waals surface area contributed by atoms with E-state index in [-0.39, 0.29) is 29.2 Å². The predicted molar refractivity (Wildman–Crippen MR) is 104 cm³/mol. The minimum absolute atomic E-state index is 0.00921. The van der Waals surface area contributed by atoms with Crippen molar-refractivity contribution in [2.45, 2.75) is 30.4 Å². The lowest BCUT2D eigenvalue weighted by Gasteiger charge is -2.17. The molecule has 0 bridgehead atoms. The first-order valence-electron chi connectivity index (χ1n) is 9.08. The van der Waals surface area contributed by atoms with Gasteiger partial charge >= 0.3 is 0 Å². The number of nitrogens with zero attached hydrogens (tertiary/aromatic N) is 4. The average Bonchev–Trinajstić information content (AvgIpc) is 3.24. The highest BCUT2D eigenvalue weighted by Crippen LogP contribution is 2.41. The molecule has 2 aliphatic heterocycles. The Morgan fingerprint density at radius 1 is 1.36 bits per heavy atom. The first-order chi connectivity index (χ1) is 13.5. The molecule has 3 heterocycles. The summed E-state index contributed by atoms with van der Waals surface area (Å²) in [6.45, 7) is 1.52. The summed E-state index contributed by atoms with van der Waals surface area (Å²) in [5, 5.41) is 11.0. The van der Waals surface area contributed by atoms with Crippen molar-refractivity contribution < 1.29 is 18.5 Å². The fourth-order valence-electron chi connectivity index (χ4n) is 3.52. The second-order valence-electron chi connectivity index (χ2n) is 7.21. The molecular formula is C17H18FN5O3S2. The van der Waals surface area contributed by atoms with Crippen molar-refractivity contribution in [3.05, 3.63) is 23.8 Å². The molecular weight excluding hydrogens is 405 g/mol. The smallest absolute Gasteiger partial charge is 0.253 e. The number of fused-ring (bicyclic) bond motifs is 1. The molecule has 3 fully saturated rings. The van der Waals surface area contributed by atoms with Crippen LogP contribution in [0, 0.1) is 5.82 Å². The van der Waals surface area contributed by atoms with Crippen LogP contribution < -0.4 is 9.03 Å². The molecule has 11 heteroatoms. The van der Waals surface area contributed by atoms with Crippen LogP contribution in [0.15, 0.2) is 12.3 Å². The predicted octanol–water partition coefficient (Wildman–Crippen LogP) is 1.59. The van der Waals surface area contributed by atoms with E-state index >= 15 is 4.39 Å². The van der Waals surface area contributed by atoms with Crippen LogP contribution in [0.3, 0.4) is 0 Å². The molecule has 0 spiro atoms. The van der Waals surface area contributed by atoms with Gasteiger partial charge in [-0.15, -0.1) is 0 Å². The van der Waals surface area contributed by atoms with Crippen molar-refractivity contribution in [2.24, 2.45) is 0 Å². The monoisotopic (exact) mass is 423 g/mol. The Labute approximate surface area is 167 Å². The Morgan fingerprint density at radius 3 is 2.89 bits per heavy atom. The van der Waals surface area contributed by atoms with Gasteiger partial charge in [0.1, 0.15) is 23.5 Å². The summed E-state index contributed by atoms with van der Waals surface area (Å²) < 4.78 is 32.8. The highest BCUT2D eigenvalue weighted by Gasteiger charge is 2.34. The Kier molecular flexibility index (Phi) is 4.40. The van der Waals surface area contributed by atoms with Crippen LogP contribution in [0.1, 0.15) is 30.9 Å². The number of phenolic OH excluding ortho intramolecular Hbond substituents is 1. The molecule has 8 nitrogen and oxygen atoms in total. The van der Waals surface area contributed by atoms with E-state index in [1.807, 2.05) is 11.9 Å². The van der Waals surface area contributed by atoms with E-state index in [1.165, 1.54) is 18.9 Å². The molecule has 2 atom stereocenters. The third-order valence-electron chi connectivity index (χ3n) is 5.08. The molecule has 1 saturated carbocycles. The lowest BCUT2D eigenvalue weighted by molar-refractivity contribution is -0.117. The lowest BCUT2D eigenvalue weighted by atomic mass is 10.1. The topological polar surface area (TPSA) is 98.7 Å². The molecule has 1 amide bonds. The summed E-state index contributed by atoms with van der Waals surface area (Å²) in [5.41, 5.74) is 0.635. The fraction of sp³-hybridized carbons (Fsp3) is 0.471. The van der Waals surface area contributed by atoms with Gasteiger partial charge in [0.05, 0.1) is 11.2 Å². The van der Waals surface area contributed by atoms with E-state index in [9.17, 15) is 14.1 Å². The van der Waals surface area contributed by atoms with Gasteiger partial charge in [-0.3, -0.25) is 18.8 Å². The highest BCUT2D eigenvalue weighted by atomic mass is 32.2. The minimum Gasteiger partial charge on any atom is -0.506 e. The summed E-state index contributed by atoms with van der Waals surface area (Å²) in [6, 6.07) is 1.29. The third-order valence-corrected chi connectivity index (χ3v) is 7.59. The zero-order valence-corrected chi connectivity index (χ0v) is 16.4. The summed E-state index contributed by atoms with van der Waals surface area (Å²) in [4.78, 5) is 20.2. The van der Waals surface area contributed by atoms with E-state index in [2.05, 4.69) is 19.0 Å². The van der Waals surface area contributed by atoms with Crippen molar-refractivity contribution >= 4 is 45.7 Å². The van der Waals surface area contributed by atoms with Gasteiger partial charge in [0, 0.05) is 36.5 Å². The standard InChI is InChI=1S/C17H18FN5O3S2/c18-15-16-11(5-13(24)17(15)23-8-14(25)21-28(23)26)19-6-12(20-16)9-3-4-22(7-9)27-10-1-2-10/h5-6,9-10,24H,1-4,7-8H2,(H,21,25). The SMILES string of the molecule is O=C1CN(c2c(O)cc3ncc(C4CCN(SC5CC5)C4)nc3c2F)S(=O)N1. The van der Waals surface area contributed by atoms with E-state index in [4.69, 9.17) is 0 Å². The van der Waals surface area contributed by atoms with Crippen LogP contribution in [0.5, 0.6) is 5.75 Å². The minimum atomic E-state index is -1.94. The molecule has 1 aliphatic carbocycles. The molecule has 1 aromatic carbocycles. The normalized spacial score (nSPS) is 25.6. The van der Waals surface area contributed by atoms with Crippen LogP contribution in [-0.2, 0) is 16.0 Å². The van der Waals surface area contributed by atoms with Gasteiger partial charge in [0.15, 0.2) is 5.82 Å². The number of hydrogen-bond acceptors (Lipinski definition) is 7. The Bertz CT molecular complexity index is 1000. The Morgan fingerprint density at radius 2 is 2.18 bits per heavy atom. The molecule has 2 unspecified atom stereocenters. The molecule has 3 aliphatic rings. The van der Waals surface area contributed by atoms with Gasteiger partial charge in [0.2, 0.25) is 11.2 Å². The molecule has 1 aromatic heterocycles. The van der Waals surface area contributed by atoms with Crippen molar-refractivity contribution in [1.29, 1.82) is 0 Å². The number of phenols is 1.